The van der Waals surface area contributed by atoms with E-state index in [9.17, 15) is 13.2 Å². The van der Waals surface area contributed by atoms with Crippen LogP contribution in [-0.2, 0) is 5.41 Å². The minimum Gasteiger partial charge on any atom is -0.466 e. The Bertz CT molecular complexity index is 1410. The molecule has 3 aromatic heterocycles. The molecule has 1 fully saturated rings. The van der Waals surface area contributed by atoms with Gasteiger partial charge in [0.15, 0.2) is 12.4 Å². The van der Waals surface area contributed by atoms with Crippen molar-refractivity contribution in [2.45, 2.75) is 50.6 Å². The van der Waals surface area contributed by atoms with Crippen LogP contribution in [-0.4, -0.2) is 78.4 Å². The van der Waals surface area contributed by atoms with E-state index in [1.165, 1.54) is 12.5 Å². The third kappa shape index (κ3) is 6.45. The highest BCUT2D eigenvalue weighted by molar-refractivity contribution is 5.75. The summed E-state index contributed by atoms with van der Waals surface area (Å²) in [6.45, 7) is 2.54. The predicted molar refractivity (Wildman–Crippen MR) is 158 cm³/mol. The second kappa shape index (κ2) is 11.8. The number of aromatic nitrogens is 4. The maximum Gasteiger partial charge on any atom is 0.422 e. The van der Waals surface area contributed by atoms with E-state index in [0.717, 1.165) is 49.3 Å². The number of fused-ring (bicyclic) bond motifs is 2. The van der Waals surface area contributed by atoms with Crippen LogP contribution in [0.25, 0.3) is 0 Å². The van der Waals surface area contributed by atoms with Crippen LogP contribution in [0.4, 0.5) is 47.8 Å². The number of nitrogens with one attached hydrogen (secondary N) is 1. The topological polar surface area (TPSA) is 109 Å². The van der Waals surface area contributed by atoms with E-state index in [1.807, 2.05) is 38.1 Å². The predicted octanol–water partition coefficient (Wildman–Crippen LogP) is 5.19. The first kappa shape index (κ1) is 29.6. The summed E-state index contributed by atoms with van der Waals surface area (Å²) in [6, 6.07) is 7.43. The number of hydrogen-bond donors (Lipinski definition) is 2. The normalized spacial score (nSPS) is 16.1. The van der Waals surface area contributed by atoms with Crippen LogP contribution >= 0.6 is 0 Å². The SMILES string of the molecule is Cc1ccc2c(n1)C1(CCCCC1)CN2c1ccnc(Nc2cc(N)c(N(C)CCN(C)C)nc2OCC(F)(F)F)n1. The summed E-state index contributed by atoms with van der Waals surface area (Å²) in [5.41, 5.74) is 9.84. The summed E-state index contributed by atoms with van der Waals surface area (Å²) in [5.74, 6) is 0.934. The Hall–Kier alpha value is -3.87. The van der Waals surface area contributed by atoms with Crippen molar-refractivity contribution in [3.8, 4) is 5.88 Å². The van der Waals surface area contributed by atoms with E-state index in [0.29, 0.717) is 24.7 Å². The zero-order valence-electron chi connectivity index (χ0n) is 24.5. The van der Waals surface area contributed by atoms with Gasteiger partial charge in [0.2, 0.25) is 11.8 Å². The van der Waals surface area contributed by atoms with E-state index in [1.54, 1.807) is 18.1 Å². The smallest absolute Gasteiger partial charge is 0.422 e. The fourth-order valence-corrected chi connectivity index (χ4v) is 5.74. The van der Waals surface area contributed by atoms with Crippen LogP contribution in [0, 0.1) is 6.92 Å². The quantitative estimate of drug-likeness (QED) is 0.348. The molecule has 0 saturated heterocycles. The highest BCUT2D eigenvalue weighted by Gasteiger charge is 2.45. The standard InChI is InChI=1S/C29H38F3N9O/c1-19-8-9-22-24(35-19)28(11-6-5-7-12-28)17-41(22)23-10-13-34-27(37-23)36-21-16-20(33)25(40(4)15-14-39(2)3)38-26(21)42-18-29(30,31)32/h8-10,13,16H,5-7,11-12,14-15,17-18,33H2,1-4H3,(H,34,36,37). The van der Waals surface area contributed by atoms with E-state index in [-0.39, 0.29) is 28.6 Å². The van der Waals surface area contributed by atoms with Crippen LogP contribution in [0.15, 0.2) is 30.5 Å². The first-order valence-electron chi connectivity index (χ1n) is 14.2. The Labute approximate surface area is 244 Å². The summed E-state index contributed by atoms with van der Waals surface area (Å²) in [6.07, 6.45) is 2.77. The van der Waals surface area contributed by atoms with Crippen molar-refractivity contribution in [3.63, 3.8) is 0 Å². The number of alkyl halides is 3. The molecule has 2 aliphatic rings. The maximum absolute atomic E-state index is 13.1. The van der Waals surface area contributed by atoms with Gasteiger partial charge in [-0.05, 0) is 58.1 Å². The number of nitrogens with zero attached hydrogens (tertiary/aromatic N) is 7. The Kier molecular flexibility index (Phi) is 8.31. The summed E-state index contributed by atoms with van der Waals surface area (Å²) in [4.78, 5) is 24.3. The van der Waals surface area contributed by atoms with Gasteiger partial charge in [-0.15, -0.1) is 0 Å². The van der Waals surface area contributed by atoms with Crippen molar-refractivity contribution in [2.24, 2.45) is 0 Å². The van der Waals surface area contributed by atoms with Crippen LogP contribution in [0.1, 0.15) is 43.5 Å². The lowest BCUT2D eigenvalue weighted by Crippen LogP contribution is -2.34. The van der Waals surface area contributed by atoms with Gasteiger partial charge in [0, 0.05) is 44.0 Å². The summed E-state index contributed by atoms with van der Waals surface area (Å²) in [5, 5.41) is 3.01. The highest BCUT2D eigenvalue weighted by Crippen LogP contribution is 2.50. The molecule has 226 valence electrons. The molecule has 0 unspecified atom stereocenters. The third-order valence-corrected chi connectivity index (χ3v) is 7.85. The molecule has 0 atom stereocenters. The van der Waals surface area contributed by atoms with E-state index >= 15 is 0 Å². The molecule has 5 rings (SSSR count). The van der Waals surface area contributed by atoms with Crippen LogP contribution < -0.4 is 25.6 Å². The monoisotopic (exact) mass is 585 g/mol. The minimum absolute atomic E-state index is 0.0242. The molecular formula is C29H38F3N9O. The molecule has 0 amide bonds. The van der Waals surface area contributed by atoms with Gasteiger partial charge in [0.25, 0.3) is 0 Å². The van der Waals surface area contributed by atoms with Gasteiger partial charge in [-0.2, -0.15) is 23.1 Å². The zero-order chi connectivity index (χ0) is 30.1. The van der Waals surface area contributed by atoms with Crippen molar-refractivity contribution >= 4 is 34.6 Å². The Morgan fingerprint density at radius 3 is 2.52 bits per heavy atom. The number of nitrogen functional groups attached to an aromatic ring is 1. The molecule has 0 radical (unpaired) electrons. The number of aryl methyl sites for hydroxylation is 1. The molecule has 1 spiro atoms. The third-order valence-electron chi connectivity index (χ3n) is 7.85. The van der Waals surface area contributed by atoms with Crippen LogP contribution in [0.3, 0.4) is 0 Å². The van der Waals surface area contributed by atoms with E-state index < -0.39 is 12.8 Å². The fraction of sp³-hybridized carbons (Fsp3) is 0.517. The van der Waals surface area contributed by atoms with Gasteiger partial charge < -0.3 is 30.5 Å². The van der Waals surface area contributed by atoms with Gasteiger partial charge in [-0.3, -0.25) is 4.98 Å². The highest BCUT2D eigenvalue weighted by atomic mass is 19.4. The first-order valence-corrected chi connectivity index (χ1v) is 14.2. The number of anilines is 6. The Balaban J connectivity index is 1.45. The van der Waals surface area contributed by atoms with Gasteiger partial charge in [0.1, 0.15) is 11.5 Å². The second-order valence-electron chi connectivity index (χ2n) is 11.5. The molecule has 42 heavy (non-hydrogen) atoms. The van der Waals surface area contributed by atoms with Gasteiger partial charge in [0.05, 0.1) is 17.1 Å². The van der Waals surface area contributed by atoms with Gasteiger partial charge >= 0.3 is 6.18 Å². The largest absolute Gasteiger partial charge is 0.466 e. The molecule has 0 bridgehead atoms. The molecule has 4 heterocycles. The molecule has 1 saturated carbocycles. The zero-order valence-corrected chi connectivity index (χ0v) is 24.5. The second-order valence-corrected chi connectivity index (χ2v) is 11.5. The maximum atomic E-state index is 13.1. The van der Waals surface area contributed by atoms with Crippen molar-refractivity contribution in [2.75, 3.05) is 68.2 Å². The lowest BCUT2D eigenvalue weighted by Gasteiger charge is -2.33. The van der Waals surface area contributed by atoms with E-state index in [4.69, 9.17) is 20.4 Å². The van der Waals surface area contributed by atoms with Crippen molar-refractivity contribution < 1.29 is 17.9 Å². The number of halogens is 3. The molecule has 1 aliphatic carbocycles. The molecule has 13 heteroatoms. The van der Waals surface area contributed by atoms with Crippen molar-refractivity contribution in [1.82, 2.24) is 24.8 Å². The Morgan fingerprint density at radius 1 is 1.05 bits per heavy atom. The molecule has 0 aromatic carbocycles. The number of hydrogen-bond acceptors (Lipinski definition) is 10. The lowest BCUT2D eigenvalue weighted by atomic mass is 9.73. The number of nitrogens with two attached hydrogens (primary N) is 1. The van der Waals surface area contributed by atoms with Gasteiger partial charge in [-0.1, -0.05) is 19.3 Å². The molecule has 3 aromatic rings. The summed E-state index contributed by atoms with van der Waals surface area (Å²) < 4.78 is 44.5. The number of pyridine rings is 2. The lowest BCUT2D eigenvalue weighted by molar-refractivity contribution is -0.153. The first-order chi connectivity index (χ1) is 19.9. The fourth-order valence-electron chi connectivity index (χ4n) is 5.74. The Morgan fingerprint density at radius 2 is 1.81 bits per heavy atom. The van der Waals surface area contributed by atoms with Crippen molar-refractivity contribution in [1.29, 1.82) is 0 Å². The summed E-state index contributed by atoms with van der Waals surface area (Å²) >= 11 is 0. The molecular weight excluding hydrogens is 547 g/mol. The summed E-state index contributed by atoms with van der Waals surface area (Å²) in [7, 11) is 5.63. The molecule has 3 N–H and O–H groups in total. The number of ether oxygens (including phenoxy) is 1. The minimum atomic E-state index is -4.54. The average molecular weight is 586 g/mol. The van der Waals surface area contributed by atoms with Crippen molar-refractivity contribution in [3.05, 3.63) is 41.9 Å². The van der Waals surface area contributed by atoms with Gasteiger partial charge in [-0.25, -0.2) is 4.98 Å². The van der Waals surface area contributed by atoms with Crippen LogP contribution in [0.2, 0.25) is 0 Å². The number of rotatable bonds is 9. The molecule has 1 aliphatic heterocycles. The average Bonchev–Trinajstić information content (AvgIpc) is 3.24. The molecule has 10 nitrogen and oxygen atoms in total. The van der Waals surface area contributed by atoms with E-state index in [2.05, 4.69) is 26.3 Å². The number of likely N-dealkylation sites (N-methyl/N-ethyl adjacent to an activating group) is 2. The van der Waals surface area contributed by atoms with Crippen LogP contribution in [0.5, 0.6) is 5.88 Å².